The summed E-state index contributed by atoms with van der Waals surface area (Å²) in [5.41, 5.74) is 3.96. The van der Waals surface area contributed by atoms with Gasteiger partial charge in [0.05, 0.1) is 5.56 Å². The number of aryl methyl sites for hydroxylation is 1. The first-order valence-electron chi connectivity index (χ1n) is 9.68. The number of benzene rings is 2. The van der Waals surface area contributed by atoms with Crippen molar-refractivity contribution in [3.63, 3.8) is 0 Å². The van der Waals surface area contributed by atoms with Crippen LogP contribution in [0.25, 0.3) is 0 Å². The first-order valence-corrected chi connectivity index (χ1v) is 9.68. The zero-order valence-electron chi connectivity index (χ0n) is 15.6. The van der Waals surface area contributed by atoms with E-state index >= 15 is 0 Å². The van der Waals surface area contributed by atoms with Crippen molar-refractivity contribution < 1.29 is 9.59 Å². The second-order valence-corrected chi connectivity index (χ2v) is 7.49. The molecule has 2 amide bonds. The molecule has 0 bridgehead atoms. The molecule has 2 fully saturated rings. The first kappa shape index (κ1) is 17.6. The fourth-order valence-corrected chi connectivity index (χ4v) is 3.43. The van der Waals surface area contributed by atoms with Gasteiger partial charge in [-0.15, -0.1) is 0 Å². The topological polar surface area (TPSA) is 61.4 Å². The normalized spacial score (nSPS) is 16.3. The van der Waals surface area contributed by atoms with Gasteiger partial charge in [0.25, 0.3) is 11.8 Å². The van der Waals surface area contributed by atoms with E-state index in [1.807, 2.05) is 43.3 Å². The van der Waals surface area contributed by atoms with Crippen molar-refractivity contribution in [2.24, 2.45) is 0 Å². The van der Waals surface area contributed by atoms with Gasteiger partial charge in [0, 0.05) is 36.1 Å². The maximum absolute atomic E-state index is 12.8. The fourth-order valence-electron chi connectivity index (χ4n) is 3.43. The van der Waals surface area contributed by atoms with Crippen molar-refractivity contribution in [3.05, 3.63) is 59.2 Å². The Labute approximate surface area is 159 Å². The van der Waals surface area contributed by atoms with E-state index in [0.29, 0.717) is 22.9 Å². The van der Waals surface area contributed by atoms with Gasteiger partial charge < -0.3 is 15.5 Å². The van der Waals surface area contributed by atoms with Crippen molar-refractivity contribution in [3.8, 4) is 0 Å². The summed E-state index contributed by atoms with van der Waals surface area (Å²) in [6, 6.07) is 13.4. The molecule has 0 aromatic heterocycles. The minimum atomic E-state index is -0.169. The Balaban J connectivity index is 1.58. The van der Waals surface area contributed by atoms with Gasteiger partial charge in [-0.05, 0) is 62.9 Å². The van der Waals surface area contributed by atoms with Gasteiger partial charge in [-0.1, -0.05) is 17.7 Å². The zero-order chi connectivity index (χ0) is 18.8. The molecule has 5 heteroatoms. The molecule has 2 N–H and O–H groups in total. The number of nitrogens with zero attached hydrogens (tertiary/aromatic N) is 1. The smallest absolute Gasteiger partial charge is 0.255 e. The molecule has 2 aromatic carbocycles. The van der Waals surface area contributed by atoms with Crippen LogP contribution in [0.2, 0.25) is 0 Å². The Morgan fingerprint density at radius 1 is 0.963 bits per heavy atom. The van der Waals surface area contributed by atoms with Gasteiger partial charge in [0.15, 0.2) is 0 Å². The largest absolute Gasteiger partial charge is 0.371 e. The summed E-state index contributed by atoms with van der Waals surface area (Å²) in [6.07, 6.45) is 4.40. The molecule has 5 nitrogen and oxygen atoms in total. The summed E-state index contributed by atoms with van der Waals surface area (Å²) in [4.78, 5) is 27.5. The Kier molecular flexibility index (Phi) is 4.84. The van der Waals surface area contributed by atoms with E-state index in [2.05, 4.69) is 15.5 Å². The van der Waals surface area contributed by atoms with E-state index < -0.39 is 0 Å². The highest BCUT2D eigenvalue weighted by Gasteiger charge is 2.26. The second kappa shape index (κ2) is 7.43. The molecule has 0 spiro atoms. The first-order chi connectivity index (χ1) is 13.1. The van der Waals surface area contributed by atoms with Crippen LogP contribution in [0.5, 0.6) is 0 Å². The molecule has 140 valence electrons. The number of amides is 2. The summed E-state index contributed by atoms with van der Waals surface area (Å²) < 4.78 is 0. The van der Waals surface area contributed by atoms with Crippen LogP contribution in [-0.4, -0.2) is 30.9 Å². The number of hydrogen-bond donors (Lipinski definition) is 2. The molecule has 1 heterocycles. The van der Waals surface area contributed by atoms with E-state index in [1.54, 1.807) is 6.07 Å². The molecule has 0 radical (unpaired) electrons. The van der Waals surface area contributed by atoms with Crippen LogP contribution in [-0.2, 0) is 0 Å². The molecule has 1 saturated heterocycles. The van der Waals surface area contributed by atoms with Crippen LogP contribution in [0.4, 0.5) is 11.4 Å². The van der Waals surface area contributed by atoms with Gasteiger partial charge in [0.2, 0.25) is 0 Å². The zero-order valence-corrected chi connectivity index (χ0v) is 15.6. The third kappa shape index (κ3) is 4.13. The van der Waals surface area contributed by atoms with E-state index in [9.17, 15) is 9.59 Å². The Morgan fingerprint density at radius 2 is 1.67 bits per heavy atom. The van der Waals surface area contributed by atoms with Crippen LogP contribution >= 0.6 is 0 Å². The van der Waals surface area contributed by atoms with E-state index in [4.69, 9.17) is 0 Å². The van der Waals surface area contributed by atoms with Gasteiger partial charge in [-0.3, -0.25) is 9.59 Å². The molecule has 1 aliphatic heterocycles. The van der Waals surface area contributed by atoms with Crippen molar-refractivity contribution in [1.82, 2.24) is 5.32 Å². The Bertz CT molecular complexity index is 850. The lowest BCUT2D eigenvalue weighted by Gasteiger charge is -2.22. The number of rotatable bonds is 5. The highest BCUT2D eigenvalue weighted by atomic mass is 16.2. The lowest BCUT2D eigenvalue weighted by atomic mass is 10.1. The minimum absolute atomic E-state index is 0.0502. The van der Waals surface area contributed by atoms with Gasteiger partial charge in [-0.2, -0.15) is 0 Å². The maximum Gasteiger partial charge on any atom is 0.255 e. The van der Waals surface area contributed by atoms with Gasteiger partial charge in [0.1, 0.15) is 0 Å². The number of hydrogen-bond acceptors (Lipinski definition) is 3. The Morgan fingerprint density at radius 3 is 2.33 bits per heavy atom. The second-order valence-electron chi connectivity index (χ2n) is 7.49. The highest BCUT2D eigenvalue weighted by molar-refractivity contribution is 6.06. The summed E-state index contributed by atoms with van der Waals surface area (Å²) in [6.45, 7) is 3.93. The molecule has 4 rings (SSSR count). The minimum Gasteiger partial charge on any atom is -0.371 e. The van der Waals surface area contributed by atoms with Crippen LogP contribution in [0, 0.1) is 6.92 Å². The SMILES string of the molecule is Cc1ccc(C(=O)Nc2ccc(N3CCCC3)c(C(=O)NC3CC3)c2)cc1. The molecule has 2 aromatic rings. The van der Waals surface area contributed by atoms with Gasteiger partial charge >= 0.3 is 0 Å². The third-order valence-corrected chi connectivity index (χ3v) is 5.17. The monoisotopic (exact) mass is 363 g/mol. The van der Waals surface area contributed by atoms with Crippen molar-refractivity contribution in [1.29, 1.82) is 0 Å². The quantitative estimate of drug-likeness (QED) is 0.851. The molecule has 1 aliphatic carbocycles. The molecule has 0 unspecified atom stereocenters. The highest BCUT2D eigenvalue weighted by Crippen LogP contribution is 2.29. The number of nitrogens with one attached hydrogen (secondary N) is 2. The number of carbonyl (C=O) groups is 2. The lowest BCUT2D eigenvalue weighted by molar-refractivity contribution is 0.0950. The van der Waals surface area contributed by atoms with E-state index in [0.717, 1.165) is 50.0 Å². The summed E-state index contributed by atoms with van der Waals surface area (Å²) in [5, 5.41) is 6.00. The third-order valence-electron chi connectivity index (χ3n) is 5.17. The van der Waals surface area contributed by atoms with Crippen LogP contribution < -0.4 is 15.5 Å². The molecule has 0 atom stereocenters. The summed E-state index contributed by atoms with van der Waals surface area (Å²) in [7, 11) is 0. The fraction of sp³-hybridized carbons (Fsp3) is 0.364. The molecule has 1 saturated carbocycles. The van der Waals surface area contributed by atoms with Crippen LogP contribution in [0.1, 0.15) is 52.0 Å². The van der Waals surface area contributed by atoms with Gasteiger partial charge in [-0.25, -0.2) is 0 Å². The standard InChI is InChI=1S/C22H25N3O2/c1-15-4-6-16(7-5-15)21(26)24-18-10-11-20(25-12-2-3-13-25)19(14-18)22(27)23-17-8-9-17/h4-7,10-11,14,17H,2-3,8-9,12-13H2,1H3,(H,23,27)(H,24,26). The van der Waals surface area contributed by atoms with Crippen molar-refractivity contribution in [2.75, 3.05) is 23.3 Å². The molecular weight excluding hydrogens is 338 g/mol. The summed E-state index contributed by atoms with van der Waals surface area (Å²) >= 11 is 0. The lowest BCUT2D eigenvalue weighted by Crippen LogP contribution is -2.29. The number of anilines is 2. The Hall–Kier alpha value is -2.82. The number of carbonyl (C=O) groups excluding carboxylic acids is 2. The van der Waals surface area contributed by atoms with Crippen molar-refractivity contribution >= 4 is 23.2 Å². The average Bonchev–Trinajstić information content (AvgIpc) is 3.31. The molecule has 2 aliphatic rings. The maximum atomic E-state index is 12.8. The molecular formula is C22H25N3O2. The van der Waals surface area contributed by atoms with E-state index in [-0.39, 0.29) is 11.8 Å². The van der Waals surface area contributed by atoms with Crippen LogP contribution in [0.15, 0.2) is 42.5 Å². The molecule has 27 heavy (non-hydrogen) atoms. The van der Waals surface area contributed by atoms with Crippen molar-refractivity contribution in [2.45, 2.75) is 38.6 Å². The summed E-state index contributed by atoms with van der Waals surface area (Å²) in [5.74, 6) is -0.219. The predicted molar refractivity (Wildman–Crippen MR) is 108 cm³/mol. The van der Waals surface area contributed by atoms with Crippen LogP contribution in [0.3, 0.4) is 0 Å². The predicted octanol–water partition coefficient (Wildman–Crippen LogP) is 3.74. The average molecular weight is 363 g/mol. The van der Waals surface area contributed by atoms with E-state index in [1.165, 1.54) is 0 Å².